The molecule has 0 amide bonds. The predicted molar refractivity (Wildman–Crippen MR) is 74.3 cm³/mol. The van der Waals surface area contributed by atoms with Crippen molar-refractivity contribution >= 4 is 11.4 Å². The lowest BCUT2D eigenvalue weighted by atomic mass is 10.1. The van der Waals surface area contributed by atoms with Gasteiger partial charge in [0.15, 0.2) is 0 Å². The van der Waals surface area contributed by atoms with Crippen molar-refractivity contribution in [2.75, 3.05) is 36.0 Å². The van der Waals surface area contributed by atoms with Gasteiger partial charge in [0.05, 0.1) is 16.9 Å². The van der Waals surface area contributed by atoms with Crippen LogP contribution < -0.4 is 9.80 Å². The van der Waals surface area contributed by atoms with Crippen molar-refractivity contribution < 1.29 is 13.2 Å². The first-order valence-corrected chi connectivity index (χ1v) is 7.27. The van der Waals surface area contributed by atoms with Crippen molar-refractivity contribution in [3.05, 3.63) is 23.8 Å². The molecule has 0 saturated carbocycles. The summed E-state index contributed by atoms with van der Waals surface area (Å²) in [5, 5.41) is 0. The highest BCUT2D eigenvalue weighted by Gasteiger charge is 2.32. The first-order chi connectivity index (χ1) is 9.55. The summed E-state index contributed by atoms with van der Waals surface area (Å²) >= 11 is 0. The number of rotatable bonds is 2. The molecule has 0 bridgehead atoms. The van der Waals surface area contributed by atoms with Crippen LogP contribution in [-0.2, 0) is 6.18 Å². The lowest BCUT2D eigenvalue weighted by Gasteiger charge is -2.28. The molecule has 20 heavy (non-hydrogen) atoms. The van der Waals surface area contributed by atoms with Crippen LogP contribution in [0.15, 0.2) is 18.2 Å². The van der Waals surface area contributed by atoms with Gasteiger partial charge in [-0.2, -0.15) is 13.2 Å². The van der Waals surface area contributed by atoms with Crippen LogP contribution in [-0.4, -0.2) is 26.2 Å². The molecule has 3 rings (SSSR count). The molecule has 2 nitrogen and oxygen atoms in total. The molecule has 0 atom stereocenters. The van der Waals surface area contributed by atoms with Gasteiger partial charge in [0.25, 0.3) is 0 Å². The molecule has 2 aliphatic rings. The first kappa shape index (κ1) is 13.6. The van der Waals surface area contributed by atoms with E-state index < -0.39 is 11.7 Å². The van der Waals surface area contributed by atoms with Gasteiger partial charge in [-0.05, 0) is 43.9 Å². The Hall–Kier alpha value is -1.39. The SMILES string of the molecule is FC(F)(F)c1ccc(N2CCCC2)c(N2CCCC2)c1. The molecular weight excluding hydrogens is 265 g/mol. The van der Waals surface area contributed by atoms with E-state index in [0.29, 0.717) is 0 Å². The van der Waals surface area contributed by atoms with Gasteiger partial charge in [-0.15, -0.1) is 0 Å². The van der Waals surface area contributed by atoms with Gasteiger partial charge in [-0.25, -0.2) is 0 Å². The molecule has 0 N–H and O–H groups in total. The fraction of sp³-hybridized carbons (Fsp3) is 0.600. The van der Waals surface area contributed by atoms with E-state index in [1.807, 2.05) is 0 Å². The zero-order valence-corrected chi connectivity index (χ0v) is 11.4. The number of halogens is 3. The Kier molecular flexibility index (Phi) is 3.52. The van der Waals surface area contributed by atoms with Crippen LogP contribution >= 0.6 is 0 Å². The summed E-state index contributed by atoms with van der Waals surface area (Å²) in [6.45, 7) is 3.63. The maximum Gasteiger partial charge on any atom is 0.416 e. The quantitative estimate of drug-likeness (QED) is 0.812. The normalized spacial score (nSPS) is 19.9. The zero-order chi connectivity index (χ0) is 14.2. The third kappa shape index (κ3) is 2.58. The van der Waals surface area contributed by atoms with Crippen molar-refractivity contribution in [2.24, 2.45) is 0 Å². The fourth-order valence-corrected chi connectivity index (χ4v) is 3.14. The van der Waals surface area contributed by atoms with Gasteiger partial charge in [0.2, 0.25) is 0 Å². The lowest BCUT2D eigenvalue weighted by Crippen LogP contribution is -2.25. The summed E-state index contributed by atoms with van der Waals surface area (Å²) in [6.07, 6.45) is 0.115. The van der Waals surface area contributed by atoms with E-state index in [1.165, 1.54) is 12.1 Å². The van der Waals surface area contributed by atoms with Crippen molar-refractivity contribution in [2.45, 2.75) is 31.9 Å². The van der Waals surface area contributed by atoms with Gasteiger partial charge < -0.3 is 9.80 Å². The topological polar surface area (TPSA) is 6.48 Å². The van der Waals surface area contributed by atoms with Gasteiger partial charge in [-0.1, -0.05) is 0 Å². The Morgan fingerprint density at radius 3 is 1.75 bits per heavy atom. The summed E-state index contributed by atoms with van der Waals surface area (Å²) in [5.74, 6) is 0. The summed E-state index contributed by atoms with van der Waals surface area (Å²) in [6, 6.07) is 4.20. The Balaban J connectivity index is 1.99. The van der Waals surface area contributed by atoms with Crippen LogP contribution in [0.25, 0.3) is 0 Å². The molecule has 110 valence electrons. The number of anilines is 2. The highest BCUT2D eigenvalue weighted by atomic mass is 19.4. The van der Waals surface area contributed by atoms with E-state index in [-0.39, 0.29) is 0 Å². The van der Waals surface area contributed by atoms with Crippen LogP contribution in [0.1, 0.15) is 31.2 Å². The highest BCUT2D eigenvalue weighted by molar-refractivity contribution is 5.73. The van der Waals surface area contributed by atoms with Crippen molar-refractivity contribution in [3.63, 3.8) is 0 Å². The molecule has 0 unspecified atom stereocenters. The Morgan fingerprint density at radius 2 is 1.25 bits per heavy atom. The number of benzene rings is 1. The number of nitrogens with zero attached hydrogens (tertiary/aromatic N) is 2. The predicted octanol–water partition coefficient (Wildman–Crippen LogP) is 3.91. The Labute approximate surface area is 117 Å². The van der Waals surface area contributed by atoms with Gasteiger partial charge in [-0.3, -0.25) is 0 Å². The Bertz CT molecular complexity index is 472. The van der Waals surface area contributed by atoms with Crippen LogP contribution in [0, 0.1) is 0 Å². The molecule has 2 heterocycles. The maximum absolute atomic E-state index is 12.9. The smallest absolute Gasteiger partial charge is 0.370 e. The van der Waals surface area contributed by atoms with Crippen molar-refractivity contribution in [1.29, 1.82) is 0 Å². The van der Waals surface area contributed by atoms with Crippen molar-refractivity contribution in [1.82, 2.24) is 0 Å². The monoisotopic (exact) mass is 284 g/mol. The summed E-state index contributed by atoms with van der Waals surface area (Å²) in [4.78, 5) is 4.32. The van der Waals surface area contributed by atoms with Crippen LogP contribution in [0.5, 0.6) is 0 Å². The minimum Gasteiger partial charge on any atom is -0.370 e. The van der Waals surface area contributed by atoms with E-state index in [2.05, 4.69) is 9.80 Å². The van der Waals surface area contributed by atoms with E-state index in [0.717, 1.165) is 63.2 Å². The molecule has 1 aromatic rings. The minimum absolute atomic E-state index is 0.539. The second kappa shape index (κ2) is 5.19. The average molecular weight is 284 g/mol. The third-order valence-electron chi connectivity index (χ3n) is 4.20. The molecule has 2 saturated heterocycles. The second-order valence-corrected chi connectivity index (χ2v) is 5.59. The molecule has 0 radical (unpaired) electrons. The van der Waals surface area contributed by atoms with Gasteiger partial charge in [0, 0.05) is 26.2 Å². The largest absolute Gasteiger partial charge is 0.416 e. The van der Waals surface area contributed by atoms with Crippen molar-refractivity contribution in [3.8, 4) is 0 Å². The molecule has 2 aliphatic heterocycles. The van der Waals surface area contributed by atoms with Crippen LogP contribution in [0.4, 0.5) is 24.5 Å². The molecule has 0 spiro atoms. The fourth-order valence-electron chi connectivity index (χ4n) is 3.14. The number of hydrogen-bond acceptors (Lipinski definition) is 2. The molecule has 1 aromatic carbocycles. The van der Waals surface area contributed by atoms with Gasteiger partial charge in [0.1, 0.15) is 0 Å². The minimum atomic E-state index is -4.27. The first-order valence-electron chi connectivity index (χ1n) is 7.27. The summed E-state index contributed by atoms with van der Waals surface area (Å²) in [5.41, 5.74) is 1.19. The van der Waals surface area contributed by atoms with E-state index in [1.54, 1.807) is 6.07 Å². The number of alkyl halides is 3. The molecule has 5 heteroatoms. The second-order valence-electron chi connectivity index (χ2n) is 5.59. The van der Waals surface area contributed by atoms with Crippen LogP contribution in [0.2, 0.25) is 0 Å². The number of hydrogen-bond donors (Lipinski definition) is 0. The average Bonchev–Trinajstić information content (AvgIpc) is 3.10. The molecule has 2 fully saturated rings. The molecule has 0 aliphatic carbocycles. The third-order valence-corrected chi connectivity index (χ3v) is 4.20. The standard InChI is InChI=1S/C15H19F3N2/c16-15(17,18)12-5-6-13(19-7-1-2-8-19)14(11-12)20-9-3-4-10-20/h5-6,11H,1-4,7-10H2. The lowest BCUT2D eigenvalue weighted by molar-refractivity contribution is -0.137. The molecule has 0 aromatic heterocycles. The summed E-state index contributed by atoms with van der Waals surface area (Å²) < 4.78 is 38.8. The van der Waals surface area contributed by atoms with Crippen LogP contribution in [0.3, 0.4) is 0 Å². The zero-order valence-electron chi connectivity index (χ0n) is 11.4. The highest BCUT2D eigenvalue weighted by Crippen LogP contribution is 2.39. The summed E-state index contributed by atoms with van der Waals surface area (Å²) in [7, 11) is 0. The van der Waals surface area contributed by atoms with E-state index >= 15 is 0 Å². The Morgan fingerprint density at radius 1 is 0.750 bits per heavy atom. The maximum atomic E-state index is 12.9. The van der Waals surface area contributed by atoms with E-state index in [4.69, 9.17) is 0 Å². The van der Waals surface area contributed by atoms with Gasteiger partial charge >= 0.3 is 6.18 Å². The van der Waals surface area contributed by atoms with E-state index in [9.17, 15) is 13.2 Å². The molecular formula is C15H19F3N2.